The van der Waals surface area contributed by atoms with E-state index in [1.807, 2.05) is 29.9 Å². The number of hydrogen-bond donors (Lipinski definition) is 0. The van der Waals surface area contributed by atoms with E-state index in [-0.39, 0.29) is 6.10 Å². The molecule has 0 radical (unpaired) electrons. The summed E-state index contributed by atoms with van der Waals surface area (Å²) >= 11 is 0. The fraction of sp³-hybridized carbons (Fsp3) is 0.538. The van der Waals surface area contributed by atoms with Crippen LogP contribution in [0.4, 0.5) is 0 Å². The molecule has 19 heavy (non-hydrogen) atoms. The Morgan fingerprint density at radius 2 is 2.42 bits per heavy atom. The lowest BCUT2D eigenvalue weighted by Gasteiger charge is -2.32. The highest BCUT2D eigenvalue weighted by Crippen LogP contribution is 2.11. The van der Waals surface area contributed by atoms with Gasteiger partial charge in [-0.2, -0.15) is 5.10 Å². The van der Waals surface area contributed by atoms with Crippen molar-refractivity contribution in [2.24, 2.45) is 0 Å². The lowest BCUT2D eigenvalue weighted by atomic mass is 10.2. The number of aryl methyl sites for hydroxylation is 1. The first-order valence-corrected chi connectivity index (χ1v) is 6.53. The summed E-state index contributed by atoms with van der Waals surface area (Å²) in [7, 11) is 0. The van der Waals surface area contributed by atoms with Gasteiger partial charge in [-0.3, -0.25) is 9.58 Å². The fourth-order valence-corrected chi connectivity index (χ4v) is 2.37. The molecule has 102 valence electrons. The molecule has 1 atom stereocenters. The third-order valence-corrected chi connectivity index (χ3v) is 3.24. The van der Waals surface area contributed by atoms with Gasteiger partial charge in [0.15, 0.2) is 0 Å². The quantitative estimate of drug-likeness (QED) is 0.825. The maximum absolute atomic E-state index is 5.78. The molecule has 0 bridgehead atoms. The Bertz CT molecular complexity index is 508. The molecule has 6 nitrogen and oxygen atoms in total. The highest BCUT2D eigenvalue weighted by Gasteiger charge is 2.21. The molecule has 0 saturated carbocycles. The Morgan fingerprint density at radius 1 is 1.47 bits per heavy atom. The normalized spacial score (nSPS) is 20.8. The molecule has 6 heteroatoms. The number of rotatable bonds is 4. The average Bonchev–Trinajstić information content (AvgIpc) is 3.02. The number of nitrogens with zero attached hydrogens (tertiary/aromatic N) is 4. The van der Waals surface area contributed by atoms with E-state index < -0.39 is 0 Å². The molecule has 0 spiro atoms. The molecule has 0 aromatic carbocycles. The predicted molar refractivity (Wildman–Crippen MR) is 68.5 cm³/mol. The van der Waals surface area contributed by atoms with Gasteiger partial charge in [-0.1, -0.05) is 5.16 Å². The van der Waals surface area contributed by atoms with E-state index in [4.69, 9.17) is 9.26 Å². The van der Waals surface area contributed by atoms with Crippen molar-refractivity contribution in [3.8, 4) is 0 Å². The molecule has 2 aromatic heterocycles. The topological polar surface area (TPSA) is 56.3 Å². The number of ether oxygens (including phenoxy) is 1. The zero-order valence-corrected chi connectivity index (χ0v) is 11.0. The minimum absolute atomic E-state index is 0.182. The van der Waals surface area contributed by atoms with Crippen LogP contribution in [0.2, 0.25) is 0 Å². The first-order chi connectivity index (χ1) is 9.29. The highest BCUT2D eigenvalue weighted by molar-refractivity contribution is 5.03. The fourth-order valence-electron chi connectivity index (χ4n) is 2.37. The van der Waals surface area contributed by atoms with E-state index in [2.05, 4.69) is 15.2 Å². The molecule has 1 aliphatic rings. The molecule has 3 rings (SSSR count). The Kier molecular flexibility index (Phi) is 3.61. The van der Waals surface area contributed by atoms with E-state index in [1.165, 1.54) is 0 Å². The van der Waals surface area contributed by atoms with Crippen molar-refractivity contribution >= 4 is 0 Å². The number of aromatic nitrogens is 3. The van der Waals surface area contributed by atoms with Crippen molar-refractivity contribution in [3.05, 3.63) is 36.0 Å². The maximum atomic E-state index is 5.78. The smallest absolute Gasteiger partial charge is 0.133 e. The largest absolute Gasteiger partial charge is 0.374 e. The van der Waals surface area contributed by atoms with E-state index in [0.29, 0.717) is 0 Å². The van der Waals surface area contributed by atoms with Gasteiger partial charge in [-0.25, -0.2) is 0 Å². The van der Waals surface area contributed by atoms with Gasteiger partial charge in [-0.15, -0.1) is 0 Å². The summed E-state index contributed by atoms with van der Waals surface area (Å²) in [6.07, 6.45) is 3.93. The van der Waals surface area contributed by atoms with Crippen molar-refractivity contribution in [2.75, 3.05) is 19.7 Å². The van der Waals surface area contributed by atoms with Crippen LogP contribution in [0.5, 0.6) is 0 Å². The predicted octanol–water partition coefficient (Wildman–Crippen LogP) is 1.08. The van der Waals surface area contributed by atoms with E-state index in [9.17, 15) is 0 Å². The molecule has 0 N–H and O–H groups in total. The summed E-state index contributed by atoms with van der Waals surface area (Å²) in [5, 5.41) is 8.25. The van der Waals surface area contributed by atoms with Crippen LogP contribution in [-0.4, -0.2) is 45.6 Å². The maximum Gasteiger partial charge on any atom is 0.133 e. The standard InChI is InChI=1S/C13H18N4O2/c1-11-7-12(15-19-11)8-16-5-6-18-13(9-16)10-17-4-2-3-14-17/h2-4,7,13H,5-6,8-10H2,1H3/t13-/m1/s1. The van der Waals surface area contributed by atoms with Gasteiger partial charge >= 0.3 is 0 Å². The van der Waals surface area contributed by atoms with Crippen LogP contribution in [-0.2, 0) is 17.8 Å². The second-order valence-electron chi connectivity index (χ2n) is 4.88. The van der Waals surface area contributed by atoms with Crippen LogP contribution < -0.4 is 0 Å². The molecular weight excluding hydrogens is 244 g/mol. The number of morpholine rings is 1. The first kappa shape index (κ1) is 12.4. The molecular formula is C13H18N4O2. The zero-order valence-electron chi connectivity index (χ0n) is 11.0. The third kappa shape index (κ3) is 3.21. The van der Waals surface area contributed by atoms with Gasteiger partial charge in [-0.05, 0) is 13.0 Å². The van der Waals surface area contributed by atoms with Gasteiger partial charge in [0.05, 0.1) is 24.9 Å². The SMILES string of the molecule is Cc1cc(CN2CCO[C@@H](Cn3cccn3)C2)no1. The van der Waals surface area contributed by atoms with Crippen LogP contribution >= 0.6 is 0 Å². The van der Waals surface area contributed by atoms with Gasteiger partial charge in [0, 0.05) is 38.1 Å². The lowest BCUT2D eigenvalue weighted by molar-refractivity contribution is -0.0407. The second-order valence-corrected chi connectivity index (χ2v) is 4.88. The summed E-state index contributed by atoms with van der Waals surface area (Å²) in [4.78, 5) is 2.34. The van der Waals surface area contributed by atoms with Gasteiger partial charge in [0.25, 0.3) is 0 Å². The minimum Gasteiger partial charge on any atom is -0.374 e. The number of hydrogen-bond acceptors (Lipinski definition) is 5. The van der Waals surface area contributed by atoms with Crippen molar-refractivity contribution in [2.45, 2.75) is 26.1 Å². The van der Waals surface area contributed by atoms with Crippen LogP contribution in [0.3, 0.4) is 0 Å². The van der Waals surface area contributed by atoms with Gasteiger partial charge in [0.1, 0.15) is 5.76 Å². The summed E-state index contributed by atoms with van der Waals surface area (Å²) in [6.45, 7) is 6.10. The van der Waals surface area contributed by atoms with Crippen molar-refractivity contribution in [1.82, 2.24) is 19.8 Å². The molecule has 0 unspecified atom stereocenters. The zero-order chi connectivity index (χ0) is 13.1. The Balaban J connectivity index is 1.55. The Labute approximate surface area is 111 Å². The average molecular weight is 262 g/mol. The molecule has 2 aromatic rings. The van der Waals surface area contributed by atoms with Crippen molar-refractivity contribution < 1.29 is 9.26 Å². The molecule has 3 heterocycles. The van der Waals surface area contributed by atoms with Gasteiger partial charge in [0.2, 0.25) is 0 Å². The molecule has 1 aliphatic heterocycles. The van der Waals surface area contributed by atoms with Gasteiger partial charge < -0.3 is 9.26 Å². The summed E-state index contributed by atoms with van der Waals surface area (Å²) in [5.41, 5.74) is 0.984. The van der Waals surface area contributed by atoms with Crippen molar-refractivity contribution in [1.29, 1.82) is 0 Å². The Morgan fingerprint density at radius 3 is 3.16 bits per heavy atom. The third-order valence-electron chi connectivity index (χ3n) is 3.24. The van der Waals surface area contributed by atoms with Crippen LogP contribution in [0.15, 0.2) is 29.0 Å². The van der Waals surface area contributed by atoms with E-state index >= 15 is 0 Å². The molecule has 1 saturated heterocycles. The summed E-state index contributed by atoms with van der Waals surface area (Å²) < 4.78 is 12.8. The molecule has 0 aliphatic carbocycles. The van der Waals surface area contributed by atoms with E-state index in [1.54, 1.807) is 6.20 Å². The van der Waals surface area contributed by atoms with Crippen LogP contribution in [0.25, 0.3) is 0 Å². The second kappa shape index (κ2) is 5.54. The summed E-state index contributed by atoms with van der Waals surface area (Å²) in [5.74, 6) is 0.858. The van der Waals surface area contributed by atoms with Crippen molar-refractivity contribution in [3.63, 3.8) is 0 Å². The highest BCUT2D eigenvalue weighted by atomic mass is 16.5. The van der Waals surface area contributed by atoms with Crippen LogP contribution in [0, 0.1) is 6.92 Å². The first-order valence-electron chi connectivity index (χ1n) is 6.53. The lowest BCUT2D eigenvalue weighted by Crippen LogP contribution is -2.43. The van der Waals surface area contributed by atoms with Crippen LogP contribution in [0.1, 0.15) is 11.5 Å². The Hall–Kier alpha value is -1.66. The van der Waals surface area contributed by atoms with E-state index in [0.717, 1.165) is 44.2 Å². The summed E-state index contributed by atoms with van der Waals surface area (Å²) in [6, 6.07) is 3.91. The molecule has 1 fully saturated rings. The monoisotopic (exact) mass is 262 g/mol. The molecule has 0 amide bonds. The minimum atomic E-state index is 0.182.